The van der Waals surface area contributed by atoms with Gasteiger partial charge in [-0.1, -0.05) is 82.0 Å². The van der Waals surface area contributed by atoms with Crippen molar-refractivity contribution < 1.29 is 23.8 Å². The molecule has 1 unspecified atom stereocenters. The third-order valence-corrected chi connectivity index (χ3v) is 10.2. The first-order chi connectivity index (χ1) is 22.6. The maximum absolute atomic E-state index is 13.1. The molecule has 48 heavy (non-hydrogen) atoms. The first kappa shape index (κ1) is 37.2. The van der Waals surface area contributed by atoms with Gasteiger partial charge in [0.2, 0.25) is 6.10 Å². The Morgan fingerprint density at radius 2 is 1.77 bits per heavy atom. The molecule has 0 aliphatic heterocycles. The van der Waals surface area contributed by atoms with Crippen LogP contribution in [0.3, 0.4) is 0 Å². The lowest BCUT2D eigenvalue weighted by Gasteiger charge is -2.33. The Hall–Kier alpha value is -3.63. The summed E-state index contributed by atoms with van der Waals surface area (Å²) in [4.78, 5) is 16.6. The minimum atomic E-state index is -1.53. The van der Waals surface area contributed by atoms with E-state index in [0.29, 0.717) is 29.7 Å². The van der Waals surface area contributed by atoms with Gasteiger partial charge in [-0.2, -0.15) is 10.4 Å². The molecule has 12 heteroatoms. The fourth-order valence-electron chi connectivity index (χ4n) is 5.77. The Morgan fingerprint density at radius 1 is 1.10 bits per heavy atom. The van der Waals surface area contributed by atoms with Crippen LogP contribution in [-0.2, 0) is 21.7 Å². The molecule has 1 aliphatic carbocycles. The predicted molar refractivity (Wildman–Crippen MR) is 193 cm³/mol. The molecular formula is C36H39Br2FN4O4Si. The van der Waals surface area contributed by atoms with Gasteiger partial charge in [0.15, 0.2) is 0 Å². The number of benzene rings is 3. The van der Waals surface area contributed by atoms with Crippen molar-refractivity contribution in [2.45, 2.75) is 57.8 Å². The van der Waals surface area contributed by atoms with Gasteiger partial charge < -0.3 is 14.6 Å². The number of carbonyl (C=O) groups is 1. The molecule has 1 aliphatic rings. The first-order valence-electron chi connectivity index (χ1n) is 15.4. The van der Waals surface area contributed by atoms with Crippen molar-refractivity contribution in [1.29, 1.82) is 5.26 Å². The molecule has 8 nitrogen and oxygen atoms in total. The number of aliphatic hydroxyl groups is 1. The van der Waals surface area contributed by atoms with Crippen molar-refractivity contribution >= 4 is 45.9 Å². The molecule has 1 aromatic heterocycles. The molecule has 0 amide bonds. The van der Waals surface area contributed by atoms with E-state index >= 15 is 0 Å². The average molecular weight is 799 g/mol. The van der Waals surface area contributed by atoms with Crippen LogP contribution in [0.4, 0.5) is 4.39 Å². The maximum atomic E-state index is 13.1. The summed E-state index contributed by atoms with van der Waals surface area (Å²) < 4.78 is 26.9. The van der Waals surface area contributed by atoms with Gasteiger partial charge in [-0.05, 0) is 91.2 Å². The largest absolute Gasteiger partial charge is 0.457 e. The monoisotopic (exact) mass is 796 g/mol. The van der Waals surface area contributed by atoms with E-state index in [2.05, 4.69) is 67.7 Å². The van der Waals surface area contributed by atoms with Crippen molar-refractivity contribution in [2.75, 3.05) is 0 Å². The van der Waals surface area contributed by atoms with E-state index in [9.17, 15) is 19.6 Å². The lowest BCUT2D eigenvalue weighted by molar-refractivity contribution is -0.149. The van der Waals surface area contributed by atoms with Crippen molar-refractivity contribution in [3.05, 3.63) is 118 Å². The number of halogens is 3. The molecule has 1 N–H and O–H groups in total. The number of nitriles is 1. The summed E-state index contributed by atoms with van der Waals surface area (Å²) in [5.41, 5.74) is 0.0434. The van der Waals surface area contributed by atoms with Crippen molar-refractivity contribution in [2.24, 2.45) is 17.3 Å². The smallest absolute Gasteiger partial charge is 0.311 e. The fraction of sp³-hybridized carbons (Fsp3) is 0.333. The SMILES string of the molecule is CC1(C)[C@H](C(=O)O[C@H](C#N)c2cccc(Oc3ccccc3)c2)[C@@H]1C=C(Br)Br.C[Si](C)(C)CC(O)(Cn1cncn1)c1ccc(F)cc1. The summed E-state index contributed by atoms with van der Waals surface area (Å²) in [5.74, 6) is 0.381. The van der Waals surface area contributed by atoms with Gasteiger partial charge in [-0.3, -0.25) is 4.79 Å². The number of allylic oxidation sites excluding steroid dienone is 1. The molecule has 5 rings (SSSR count). The number of hydrogen-bond donors (Lipinski definition) is 1. The first-order valence-corrected chi connectivity index (χ1v) is 20.7. The number of nitrogens with zero attached hydrogens (tertiary/aromatic N) is 4. The molecule has 0 spiro atoms. The second-order valence-corrected chi connectivity index (χ2v) is 21.8. The highest BCUT2D eigenvalue weighted by atomic mass is 79.9. The van der Waals surface area contributed by atoms with Gasteiger partial charge in [0.05, 0.1) is 15.9 Å². The van der Waals surface area contributed by atoms with E-state index in [-0.39, 0.29) is 29.0 Å². The summed E-state index contributed by atoms with van der Waals surface area (Å²) in [5, 5.41) is 24.7. The van der Waals surface area contributed by atoms with Crippen LogP contribution in [0.2, 0.25) is 25.7 Å². The van der Waals surface area contributed by atoms with Crippen LogP contribution in [0.1, 0.15) is 31.1 Å². The molecular weight excluding hydrogens is 759 g/mol. The molecule has 1 heterocycles. The summed E-state index contributed by atoms with van der Waals surface area (Å²) >= 11 is 6.68. The highest BCUT2D eigenvalue weighted by Crippen LogP contribution is 2.60. The Bertz CT molecular complexity index is 1740. The van der Waals surface area contributed by atoms with Gasteiger partial charge in [-0.25, -0.2) is 14.1 Å². The number of esters is 1. The van der Waals surface area contributed by atoms with E-state index in [1.165, 1.54) is 18.5 Å². The molecule has 1 saturated carbocycles. The Labute approximate surface area is 298 Å². The number of rotatable bonds is 11. The van der Waals surface area contributed by atoms with Crippen LogP contribution >= 0.6 is 31.9 Å². The van der Waals surface area contributed by atoms with Crippen LogP contribution in [0.5, 0.6) is 11.5 Å². The van der Waals surface area contributed by atoms with Crippen molar-refractivity contribution in [3.8, 4) is 17.6 Å². The minimum Gasteiger partial charge on any atom is -0.457 e. The number of hydrogen-bond acceptors (Lipinski definition) is 7. The zero-order valence-corrected chi connectivity index (χ0v) is 31.7. The van der Waals surface area contributed by atoms with Gasteiger partial charge in [0.25, 0.3) is 0 Å². The van der Waals surface area contributed by atoms with E-state index in [1.807, 2.05) is 50.3 Å². The third kappa shape index (κ3) is 10.2. The van der Waals surface area contributed by atoms with E-state index in [1.54, 1.807) is 47.4 Å². The molecule has 0 bridgehead atoms. The third-order valence-electron chi connectivity index (χ3n) is 8.06. The topological polar surface area (TPSA) is 110 Å². The second-order valence-electron chi connectivity index (χ2n) is 13.6. The fourth-order valence-corrected chi connectivity index (χ4v) is 8.41. The lowest BCUT2D eigenvalue weighted by Crippen LogP contribution is -2.39. The predicted octanol–water partition coefficient (Wildman–Crippen LogP) is 9.13. The zero-order valence-electron chi connectivity index (χ0n) is 27.5. The van der Waals surface area contributed by atoms with E-state index in [4.69, 9.17) is 9.47 Å². The maximum Gasteiger partial charge on any atom is 0.311 e. The number of aromatic nitrogens is 3. The minimum absolute atomic E-state index is 0.0563. The molecule has 0 saturated heterocycles. The molecule has 4 aromatic rings. The molecule has 252 valence electrons. The van der Waals surface area contributed by atoms with Crippen LogP contribution in [0.15, 0.2) is 101 Å². The number of para-hydroxylation sites is 1. The van der Waals surface area contributed by atoms with Gasteiger partial charge in [0, 0.05) is 13.6 Å². The number of carbonyl (C=O) groups excluding carboxylic acids is 1. The number of ether oxygens (including phenoxy) is 2. The molecule has 0 radical (unpaired) electrons. The van der Waals surface area contributed by atoms with Crippen LogP contribution in [0.25, 0.3) is 0 Å². The average Bonchev–Trinajstić information content (AvgIpc) is 3.28. The summed E-state index contributed by atoms with van der Waals surface area (Å²) in [6.45, 7) is 10.9. The van der Waals surface area contributed by atoms with E-state index in [0.717, 1.165) is 8.96 Å². The molecule has 1 fully saturated rings. The second kappa shape index (κ2) is 15.7. The molecule has 3 aromatic carbocycles. The quantitative estimate of drug-likeness (QED) is 0.119. The standard InChI is InChI=1S/C22H19Br2NO3.C14H20FN3OSi/c1-22(2)17(12-19(23)24)20(22)21(26)28-18(13-25)14-7-6-10-16(11-14)27-15-8-4-3-5-9-15;1-20(2,3)9-14(19,8-18-11-16-10-17-18)12-4-6-13(15)7-5-12/h3-12,17-18,20H,1-2H3;4-7,10-11,19H,8-9H2,1-3H3/t17-,18+,20-;/m0./s1. The Kier molecular flexibility index (Phi) is 12.2. The lowest BCUT2D eigenvalue weighted by atomic mass is 9.96. The zero-order chi connectivity index (χ0) is 35.1. The van der Waals surface area contributed by atoms with Crippen molar-refractivity contribution in [1.82, 2.24) is 14.8 Å². The molecule has 4 atom stereocenters. The Balaban J connectivity index is 0.000000229. The van der Waals surface area contributed by atoms with Gasteiger partial charge in [0.1, 0.15) is 41.6 Å². The van der Waals surface area contributed by atoms with E-state index < -0.39 is 19.8 Å². The normalized spacial score (nSPS) is 18.2. The highest BCUT2D eigenvalue weighted by Gasteiger charge is 2.61. The van der Waals surface area contributed by atoms with Crippen LogP contribution in [-0.4, -0.2) is 33.9 Å². The van der Waals surface area contributed by atoms with Gasteiger partial charge in [-0.15, -0.1) is 0 Å². The van der Waals surface area contributed by atoms with Gasteiger partial charge >= 0.3 is 5.97 Å². The summed E-state index contributed by atoms with van der Waals surface area (Å²) in [6, 6.07) is 25.2. The highest BCUT2D eigenvalue weighted by molar-refractivity contribution is 9.28. The van der Waals surface area contributed by atoms with Crippen LogP contribution in [0, 0.1) is 34.4 Å². The summed E-state index contributed by atoms with van der Waals surface area (Å²) in [7, 11) is -1.53. The van der Waals surface area contributed by atoms with Crippen molar-refractivity contribution in [3.63, 3.8) is 0 Å². The Morgan fingerprint density at radius 3 is 2.35 bits per heavy atom. The van der Waals surface area contributed by atoms with Crippen LogP contribution < -0.4 is 4.74 Å². The summed E-state index contributed by atoms with van der Waals surface area (Å²) in [6.07, 6.45) is 3.99.